The highest BCUT2D eigenvalue weighted by Crippen LogP contribution is 2.32. The largest absolute Gasteiger partial charge is 0.379 e. The molecule has 0 bridgehead atoms. The van der Waals surface area contributed by atoms with Crippen LogP contribution in [0, 0.1) is 0 Å². The average molecular weight is 358 g/mol. The van der Waals surface area contributed by atoms with Crippen molar-refractivity contribution in [3.05, 3.63) is 29.8 Å². The molecule has 3 aliphatic rings. The van der Waals surface area contributed by atoms with Crippen molar-refractivity contribution < 1.29 is 14.3 Å². The number of fused-ring (bicyclic) bond motifs is 1. The van der Waals surface area contributed by atoms with Gasteiger partial charge in [-0.3, -0.25) is 19.8 Å². The maximum absolute atomic E-state index is 13.0. The van der Waals surface area contributed by atoms with Gasteiger partial charge in [-0.1, -0.05) is 18.2 Å². The number of amides is 2. The molecule has 0 aliphatic carbocycles. The molecule has 2 saturated heterocycles. The topological polar surface area (TPSA) is 73.9 Å². The van der Waals surface area contributed by atoms with Crippen LogP contribution in [-0.4, -0.2) is 61.4 Å². The van der Waals surface area contributed by atoms with Crippen LogP contribution < -0.4 is 15.5 Å². The number of anilines is 1. The molecule has 2 unspecified atom stereocenters. The lowest BCUT2D eigenvalue weighted by atomic mass is 10.1. The van der Waals surface area contributed by atoms with Gasteiger partial charge in [0.25, 0.3) is 0 Å². The van der Waals surface area contributed by atoms with Crippen LogP contribution in [0.2, 0.25) is 0 Å². The third-order valence-electron chi connectivity index (χ3n) is 5.45. The summed E-state index contributed by atoms with van der Waals surface area (Å²) in [4.78, 5) is 29.2. The monoisotopic (exact) mass is 358 g/mol. The van der Waals surface area contributed by atoms with Gasteiger partial charge in [-0.15, -0.1) is 0 Å². The molecule has 140 valence electrons. The minimum Gasteiger partial charge on any atom is -0.379 e. The van der Waals surface area contributed by atoms with Crippen molar-refractivity contribution in [3.63, 3.8) is 0 Å². The molecular formula is C19H26N4O3. The number of benzene rings is 1. The summed E-state index contributed by atoms with van der Waals surface area (Å²) in [7, 11) is 0. The van der Waals surface area contributed by atoms with Gasteiger partial charge in [0.1, 0.15) is 0 Å². The smallest absolute Gasteiger partial charge is 0.230 e. The number of carbonyl (C=O) groups excluding carboxylic acids is 2. The maximum atomic E-state index is 13.0. The first-order chi connectivity index (χ1) is 12.6. The summed E-state index contributed by atoms with van der Waals surface area (Å²) < 4.78 is 5.39. The molecule has 2 amide bonds. The van der Waals surface area contributed by atoms with Crippen molar-refractivity contribution in [1.82, 2.24) is 15.5 Å². The van der Waals surface area contributed by atoms with Crippen LogP contribution in [0.1, 0.15) is 25.3 Å². The number of hydrogen-bond acceptors (Lipinski definition) is 5. The Labute approximate surface area is 153 Å². The molecule has 2 fully saturated rings. The van der Waals surface area contributed by atoms with E-state index in [0.717, 1.165) is 25.2 Å². The Morgan fingerprint density at radius 3 is 2.81 bits per heavy atom. The highest BCUT2D eigenvalue weighted by molar-refractivity contribution is 5.96. The van der Waals surface area contributed by atoms with E-state index in [9.17, 15) is 9.59 Å². The van der Waals surface area contributed by atoms with Gasteiger partial charge in [0.2, 0.25) is 11.8 Å². The van der Waals surface area contributed by atoms with Crippen LogP contribution in [0.25, 0.3) is 0 Å². The number of nitrogens with one attached hydrogen (secondary N) is 2. The number of ether oxygens (including phenoxy) is 1. The minimum absolute atomic E-state index is 0.00656. The van der Waals surface area contributed by atoms with Crippen LogP contribution >= 0.6 is 0 Å². The second-order valence-electron chi connectivity index (χ2n) is 7.30. The van der Waals surface area contributed by atoms with E-state index in [-0.39, 0.29) is 36.6 Å². The van der Waals surface area contributed by atoms with Crippen molar-refractivity contribution in [1.29, 1.82) is 0 Å². The first kappa shape index (κ1) is 17.5. The third kappa shape index (κ3) is 3.47. The fourth-order valence-corrected chi connectivity index (χ4v) is 4.21. The summed E-state index contributed by atoms with van der Waals surface area (Å²) in [6.07, 6.45) is 1.17. The van der Waals surface area contributed by atoms with Gasteiger partial charge < -0.3 is 15.0 Å². The molecule has 1 aromatic carbocycles. The van der Waals surface area contributed by atoms with Crippen molar-refractivity contribution in [2.75, 3.05) is 31.2 Å². The van der Waals surface area contributed by atoms with E-state index < -0.39 is 0 Å². The first-order valence-corrected chi connectivity index (χ1v) is 9.39. The Bertz CT molecular complexity index is 689. The molecule has 26 heavy (non-hydrogen) atoms. The lowest BCUT2D eigenvalue weighted by molar-refractivity contribution is -0.128. The molecule has 7 heteroatoms. The van der Waals surface area contributed by atoms with Gasteiger partial charge >= 0.3 is 0 Å². The molecule has 0 radical (unpaired) electrons. The molecule has 3 heterocycles. The highest BCUT2D eigenvalue weighted by atomic mass is 16.5. The number of para-hydroxylation sites is 1. The van der Waals surface area contributed by atoms with Crippen LogP contribution in [-0.2, 0) is 20.7 Å². The van der Waals surface area contributed by atoms with Crippen molar-refractivity contribution >= 4 is 17.5 Å². The zero-order valence-corrected chi connectivity index (χ0v) is 15.1. The molecule has 2 N–H and O–H groups in total. The zero-order valence-electron chi connectivity index (χ0n) is 15.1. The van der Waals surface area contributed by atoms with E-state index in [1.54, 1.807) is 0 Å². The summed E-state index contributed by atoms with van der Waals surface area (Å²) in [5, 5.41) is 6.36. The summed E-state index contributed by atoms with van der Waals surface area (Å²) in [5.41, 5.74) is 2.21. The Hall–Kier alpha value is -1.96. The molecule has 4 rings (SSSR count). The fraction of sp³-hybridized carbons (Fsp3) is 0.579. The summed E-state index contributed by atoms with van der Waals surface area (Å²) in [6, 6.07) is 8.20. The van der Waals surface area contributed by atoms with E-state index in [1.807, 2.05) is 23.1 Å². The van der Waals surface area contributed by atoms with Crippen molar-refractivity contribution in [2.24, 2.45) is 0 Å². The van der Waals surface area contributed by atoms with Crippen LogP contribution in [0.3, 0.4) is 0 Å². The van der Waals surface area contributed by atoms with Crippen molar-refractivity contribution in [2.45, 2.75) is 44.6 Å². The second-order valence-corrected chi connectivity index (χ2v) is 7.30. The number of morpholine rings is 1. The lowest BCUT2D eigenvalue weighted by Crippen LogP contribution is -2.64. The SMILES string of the molecule is C[C@@H]1Cc2ccccc2N1C(=O)CC1NC(=O)CC(N2CCOCC2)N1. The Balaban J connectivity index is 1.43. The van der Waals surface area contributed by atoms with Gasteiger partial charge in [0, 0.05) is 24.8 Å². The number of hydrogen-bond donors (Lipinski definition) is 2. The first-order valence-electron chi connectivity index (χ1n) is 9.39. The van der Waals surface area contributed by atoms with Crippen LogP contribution in [0.15, 0.2) is 24.3 Å². The van der Waals surface area contributed by atoms with Crippen LogP contribution in [0.5, 0.6) is 0 Å². The number of rotatable bonds is 3. The average Bonchev–Trinajstić information content (AvgIpc) is 2.97. The predicted molar refractivity (Wildman–Crippen MR) is 97.6 cm³/mol. The Morgan fingerprint density at radius 1 is 1.23 bits per heavy atom. The van der Waals surface area contributed by atoms with Gasteiger partial charge in [-0.05, 0) is 25.0 Å². The molecule has 0 saturated carbocycles. The zero-order chi connectivity index (χ0) is 18.1. The van der Waals surface area contributed by atoms with E-state index >= 15 is 0 Å². The quantitative estimate of drug-likeness (QED) is 0.821. The molecular weight excluding hydrogens is 332 g/mol. The number of nitrogens with zero attached hydrogens (tertiary/aromatic N) is 2. The molecule has 0 spiro atoms. The third-order valence-corrected chi connectivity index (χ3v) is 5.45. The summed E-state index contributed by atoms with van der Waals surface area (Å²) >= 11 is 0. The van der Waals surface area contributed by atoms with Gasteiger partial charge in [-0.25, -0.2) is 0 Å². The standard InChI is InChI=1S/C19H26N4O3/c1-13-10-14-4-2-3-5-15(14)23(13)19(25)11-16-20-17(12-18(24)21-16)22-6-8-26-9-7-22/h2-5,13,16-17,20H,6-12H2,1H3,(H,21,24)/t13-,16?,17?/m1/s1. The van der Waals surface area contributed by atoms with Crippen molar-refractivity contribution in [3.8, 4) is 0 Å². The van der Waals surface area contributed by atoms with Gasteiger partial charge in [0.05, 0.1) is 38.4 Å². The predicted octanol–water partition coefficient (Wildman–Crippen LogP) is 0.448. The van der Waals surface area contributed by atoms with E-state index in [0.29, 0.717) is 19.6 Å². The van der Waals surface area contributed by atoms with E-state index in [1.165, 1.54) is 5.56 Å². The molecule has 7 nitrogen and oxygen atoms in total. The second kappa shape index (κ2) is 7.34. The highest BCUT2D eigenvalue weighted by Gasteiger charge is 2.35. The van der Waals surface area contributed by atoms with E-state index in [4.69, 9.17) is 4.74 Å². The molecule has 3 atom stereocenters. The van der Waals surface area contributed by atoms with E-state index in [2.05, 4.69) is 28.5 Å². The molecule has 3 aliphatic heterocycles. The fourth-order valence-electron chi connectivity index (χ4n) is 4.21. The lowest BCUT2D eigenvalue weighted by Gasteiger charge is -2.40. The minimum atomic E-state index is -0.337. The van der Waals surface area contributed by atoms with Gasteiger partial charge in [0.15, 0.2) is 0 Å². The summed E-state index contributed by atoms with van der Waals surface area (Å²) in [5.74, 6) is 0.0378. The Kier molecular flexibility index (Phi) is 4.93. The normalized spacial score (nSPS) is 29.3. The number of carbonyl (C=O) groups is 2. The Morgan fingerprint density at radius 2 is 2.00 bits per heavy atom. The summed E-state index contributed by atoms with van der Waals surface area (Å²) in [6.45, 7) is 5.06. The molecule has 0 aromatic heterocycles. The maximum Gasteiger partial charge on any atom is 0.230 e. The van der Waals surface area contributed by atoms with Gasteiger partial charge in [-0.2, -0.15) is 0 Å². The molecule has 1 aromatic rings. The van der Waals surface area contributed by atoms with Crippen LogP contribution in [0.4, 0.5) is 5.69 Å².